The molecular weight excluding hydrogens is 273 g/mol. The zero-order valence-electron chi connectivity index (χ0n) is 11.8. The van der Waals surface area contributed by atoms with E-state index in [2.05, 4.69) is 35.3 Å². The van der Waals surface area contributed by atoms with Crippen LogP contribution in [-0.4, -0.2) is 22.2 Å². The summed E-state index contributed by atoms with van der Waals surface area (Å²) in [5.41, 5.74) is 4.84. The van der Waals surface area contributed by atoms with Crippen LogP contribution in [0.1, 0.15) is 0 Å². The van der Waals surface area contributed by atoms with E-state index in [-0.39, 0.29) is 0 Å². The average molecular weight is 287 g/mol. The Morgan fingerprint density at radius 1 is 0.682 bits per heavy atom. The van der Waals surface area contributed by atoms with Gasteiger partial charge in [-0.3, -0.25) is 0 Å². The number of hydrogen-bond acceptors (Lipinski definition) is 2. The lowest BCUT2D eigenvalue weighted by molar-refractivity contribution is 0.426. The van der Waals surface area contributed by atoms with Gasteiger partial charge in [-0.05, 0) is 34.8 Å². The van der Waals surface area contributed by atoms with Gasteiger partial charge in [-0.15, -0.1) is 0 Å². The van der Waals surface area contributed by atoms with Crippen LogP contribution in [0.15, 0.2) is 66.7 Å². The Balaban J connectivity index is 1.97. The Hall–Kier alpha value is -2.56. The molecule has 106 valence electrons. The monoisotopic (exact) mass is 287 g/mol. The standard InChI is InChI=1S/C18H14BNO2/c21-19(22)14-7-9-18-16(11-14)15-10-13(6-8-17(15)20-18)12-4-2-1-3-5-12/h1-11,20-22H. The highest BCUT2D eigenvalue weighted by Crippen LogP contribution is 2.29. The number of hydrogen-bond donors (Lipinski definition) is 3. The van der Waals surface area contributed by atoms with Gasteiger partial charge in [0, 0.05) is 21.8 Å². The summed E-state index contributed by atoms with van der Waals surface area (Å²) in [5, 5.41) is 20.8. The van der Waals surface area contributed by atoms with Crippen LogP contribution in [0, 0.1) is 0 Å². The molecule has 0 saturated carbocycles. The summed E-state index contributed by atoms with van der Waals surface area (Å²) in [6, 6.07) is 21.9. The smallest absolute Gasteiger partial charge is 0.423 e. The van der Waals surface area contributed by atoms with E-state index in [1.807, 2.05) is 30.3 Å². The third-order valence-electron chi connectivity index (χ3n) is 4.03. The van der Waals surface area contributed by atoms with Crippen LogP contribution in [0.2, 0.25) is 0 Å². The van der Waals surface area contributed by atoms with E-state index in [0.29, 0.717) is 5.46 Å². The van der Waals surface area contributed by atoms with Crippen molar-refractivity contribution in [2.75, 3.05) is 0 Å². The molecular formula is C18H14BNO2. The number of nitrogens with one attached hydrogen (secondary N) is 1. The maximum absolute atomic E-state index is 9.37. The first-order chi connectivity index (χ1) is 10.7. The maximum atomic E-state index is 9.37. The molecule has 0 aliphatic heterocycles. The number of H-pyrrole nitrogens is 1. The van der Waals surface area contributed by atoms with Crippen LogP contribution in [0.5, 0.6) is 0 Å². The molecule has 1 aromatic heterocycles. The lowest BCUT2D eigenvalue weighted by Crippen LogP contribution is -2.29. The second-order valence-electron chi connectivity index (χ2n) is 5.43. The normalized spacial score (nSPS) is 11.2. The van der Waals surface area contributed by atoms with Gasteiger partial charge in [0.15, 0.2) is 0 Å². The van der Waals surface area contributed by atoms with Gasteiger partial charge in [0.25, 0.3) is 0 Å². The second-order valence-corrected chi connectivity index (χ2v) is 5.43. The van der Waals surface area contributed by atoms with E-state index >= 15 is 0 Å². The van der Waals surface area contributed by atoms with Crippen molar-refractivity contribution in [3.8, 4) is 11.1 Å². The zero-order chi connectivity index (χ0) is 15.1. The van der Waals surface area contributed by atoms with Crippen molar-refractivity contribution in [2.45, 2.75) is 0 Å². The van der Waals surface area contributed by atoms with Crippen LogP contribution in [0.25, 0.3) is 32.9 Å². The Morgan fingerprint density at radius 2 is 1.36 bits per heavy atom. The fourth-order valence-electron chi connectivity index (χ4n) is 2.89. The molecule has 0 aliphatic rings. The van der Waals surface area contributed by atoms with Crippen molar-refractivity contribution >= 4 is 34.4 Å². The first-order valence-electron chi connectivity index (χ1n) is 7.19. The summed E-state index contributed by atoms with van der Waals surface area (Å²) in [5.74, 6) is 0. The molecule has 0 bridgehead atoms. The molecule has 22 heavy (non-hydrogen) atoms. The molecule has 0 amide bonds. The summed E-state index contributed by atoms with van der Waals surface area (Å²) in [4.78, 5) is 3.36. The van der Waals surface area contributed by atoms with E-state index in [0.717, 1.165) is 32.9 Å². The molecule has 3 aromatic carbocycles. The number of fused-ring (bicyclic) bond motifs is 3. The van der Waals surface area contributed by atoms with Gasteiger partial charge in [0.2, 0.25) is 0 Å². The summed E-state index contributed by atoms with van der Waals surface area (Å²) >= 11 is 0. The van der Waals surface area contributed by atoms with Gasteiger partial charge in [-0.1, -0.05) is 48.5 Å². The molecule has 0 fully saturated rings. The largest absolute Gasteiger partial charge is 0.488 e. The summed E-state index contributed by atoms with van der Waals surface area (Å²) in [7, 11) is -1.45. The molecule has 4 aromatic rings. The van der Waals surface area contributed by atoms with Gasteiger partial charge >= 0.3 is 7.12 Å². The first-order valence-corrected chi connectivity index (χ1v) is 7.19. The molecule has 0 unspecified atom stereocenters. The number of aromatic nitrogens is 1. The number of benzene rings is 3. The average Bonchev–Trinajstić information content (AvgIpc) is 2.92. The van der Waals surface area contributed by atoms with Crippen molar-refractivity contribution in [1.29, 1.82) is 0 Å². The van der Waals surface area contributed by atoms with Crippen molar-refractivity contribution in [1.82, 2.24) is 4.98 Å². The highest BCUT2D eigenvalue weighted by Gasteiger charge is 2.13. The fraction of sp³-hybridized carbons (Fsp3) is 0. The second kappa shape index (κ2) is 5.02. The van der Waals surface area contributed by atoms with Crippen molar-refractivity contribution in [3.63, 3.8) is 0 Å². The molecule has 4 heteroatoms. The van der Waals surface area contributed by atoms with Gasteiger partial charge in [-0.2, -0.15) is 0 Å². The highest BCUT2D eigenvalue weighted by atomic mass is 16.4. The Kier molecular flexibility index (Phi) is 3.00. The van der Waals surface area contributed by atoms with E-state index in [4.69, 9.17) is 0 Å². The van der Waals surface area contributed by atoms with Gasteiger partial charge in [0.05, 0.1) is 0 Å². The van der Waals surface area contributed by atoms with E-state index in [1.165, 1.54) is 0 Å². The van der Waals surface area contributed by atoms with E-state index in [9.17, 15) is 10.0 Å². The van der Waals surface area contributed by atoms with Gasteiger partial charge in [-0.25, -0.2) is 0 Å². The molecule has 0 aliphatic carbocycles. The van der Waals surface area contributed by atoms with Gasteiger partial charge < -0.3 is 15.0 Å². The van der Waals surface area contributed by atoms with Crippen LogP contribution in [0.4, 0.5) is 0 Å². The lowest BCUT2D eigenvalue weighted by Gasteiger charge is -2.02. The molecule has 3 N–H and O–H groups in total. The lowest BCUT2D eigenvalue weighted by atomic mass is 9.80. The van der Waals surface area contributed by atoms with Crippen LogP contribution in [0.3, 0.4) is 0 Å². The molecule has 0 spiro atoms. The predicted molar refractivity (Wildman–Crippen MR) is 91.1 cm³/mol. The minimum absolute atomic E-state index is 0.499. The SMILES string of the molecule is OB(O)c1ccc2[nH]c3ccc(-c4ccccc4)cc3c2c1. The van der Waals surface area contributed by atoms with Crippen molar-refractivity contribution in [3.05, 3.63) is 66.7 Å². The molecule has 0 atom stereocenters. The molecule has 4 rings (SSSR count). The fourth-order valence-corrected chi connectivity index (χ4v) is 2.89. The summed E-state index contributed by atoms with van der Waals surface area (Å²) in [6.07, 6.45) is 0. The quantitative estimate of drug-likeness (QED) is 0.496. The third-order valence-corrected chi connectivity index (χ3v) is 4.03. The number of aromatic amines is 1. The highest BCUT2D eigenvalue weighted by molar-refractivity contribution is 6.59. The Bertz CT molecular complexity index is 961. The molecule has 0 radical (unpaired) electrons. The number of rotatable bonds is 2. The summed E-state index contributed by atoms with van der Waals surface area (Å²) < 4.78 is 0. The van der Waals surface area contributed by atoms with Crippen molar-refractivity contribution < 1.29 is 10.0 Å². The minimum atomic E-state index is -1.45. The van der Waals surface area contributed by atoms with Crippen LogP contribution in [-0.2, 0) is 0 Å². The van der Waals surface area contributed by atoms with E-state index < -0.39 is 7.12 Å². The maximum Gasteiger partial charge on any atom is 0.488 e. The van der Waals surface area contributed by atoms with E-state index in [1.54, 1.807) is 6.07 Å². The predicted octanol–water partition coefficient (Wildman–Crippen LogP) is 2.67. The van der Waals surface area contributed by atoms with Crippen molar-refractivity contribution in [2.24, 2.45) is 0 Å². The first kappa shape index (κ1) is 13.1. The Morgan fingerprint density at radius 3 is 2.09 bits per heavy atom. The third kappa shape index (κ3) is 2.10. The molecule has 3 nitrogen and oxygen atoms in total. The minimum Gasteiger partial charge on any atom is -0.423 e. The van der Waals surface area contributed by atoms with Crippen LogP contribution >= 0.6 is 0 Å². The molecule has 0 saturated heterocycles. The summed E-state index contributed by atoms with van der Waals surface area (Å²) in [6.45, 7) is 0. The van der Waals surface area contributed by atoms with Crippen LogP contribution < -0.4 is 5.46 Å². The molecule has 1 heterocycles. The zero-order valence-corrected chi connectivity index (χ0v) is 11.8. The topological polar surface area (TPSA) is 56.2 Å². The Labute approximate surface area is 128 Å². The van der Waals surface area contributed by atoms with Gasteiger partial charge in [0.1, 0.15) is 0 Å².